The van der Waals surface area contributed by atoms with Gasteiger partial charge in [0.25, 0.3) is 5.91 Å². The van der Waals surface area contributed by atoms with Crippen molar-refractivity contribution in [2.75, 3.05) is 11.6 Å². The number of carbonyl (C=O) groups is 1. The van der Waals surface area contributed by atoms with E-state index in [1.54, 1.807) is 18.3 Å². The van der Waals surface area contributed by atoms with E-state index in [1.165, 1.54) is 6.26 Å². The first-order chi connectivity index (χ1) is 14.3. The fourth-order valence-corrected chi connectivity index (χ4v) is 4.97. The van der Waals surface area contributed by atoms with Crippen LogP contribution in [0.5, 0.6) is 0 Å². The molecule has 4 rings (SSSR count). The van der Waals surface area contributed by atoms with Crippen molar-refractivity contribution in [3.05, 3.63) is 51.8 Å². The Hall–Kier alpha value is -2.36. The van der Waals surface area contributed by atoms with Gasteiger partial charge in [-0.05, 0) is 37.3 Å². The van der Waals surface area contributed by atoms with E-state index in [2.05, 4.69) is 25.0 Å². The van der Waals surface area contributed by atoms with E-state index >= 15 is 0 Å². The van der Waals surface area contributed by atoms with Gasteiger partial charge >= 0.3 is 0 Å². The highest BCUT2D eigenvalue weighted by Gasteiger charge is 2.25. The summed E-state index contributed by atoms with van der Waals surface area (Å²) >= 11 is 6.24. The molecule has 8 nitrogen and oxygen atoms in total. The van der Waals surface area contributed by atoms with E-state index < -0.39 is 15.9 Å². The van der Waals surface area contributed by atoms with Crippen molar-refractivity contribution in [2.45, 2.75) is 43.7 Å². The first-order valence-corrected chi connectivity index (χ1v) is 12.0. The second kappa shape index (κ2) is 8.41. The first kappa shape index (κ1) is 20.9. The van der Waals surface area contributed by atoms with Crippen LogP contribution in [-0.4, -0.2) is 42.6 Å². The quantitative estimate of drug-likeness (QED) is 0.710. The molecule has 1 fully saturated rings. The van der Waals surface area contributed by atoms with Crippen molar-refractivity contribution in [1.82, 2.24) is 14.7 Å². The lowest BCUT2D eigenvalue weighted by Gasteiger charge is -2.29. The minimum atomic E-state index is -3.19. The number of carbonyl (C=O) groups excluding carboxylic acids is 1. The maximum atomic E-state index is 12.6. The zero-order valence-corrected chi connectivity index (χ0v) is 17.9. The Bertz CT molecular complexity index is 1190. The molecule has 158 valence electrons. The lowest BCUT2D eigenvalue weighted by molar-refractivity contribution is -0.118. The Labute approximate surface area is 179 Å². The fraction of sp³-hybridized carbons (Fsp3) is 0.400. The van der Waals surface area contributed by atoms with Crippen LogP contribution >= 0.6 is 11.6 Å². The van der Waals surface area contributed by atoms with Crippen molar-refractivity contribution in [3.8, 4) is 0 Å². The van der Waals surface area contributed by atoms with E-state index in [9.17, 15) is 13.2 Å². The number of benzene rings is 1. The number of rotatable bonds is 5. The highest BCUT2D eigenvalue weighted by atomic mass is 35.5. The number of sulfonamides is 1. The molecule has 30 heavy (non-hydrogen) atoms. The van der Waals surface area contributed by atoms with E-state index in [1.807, 2.05) is 18.2 Å². The molecule has 1 amide bonds. The number of fused-ring (bicyclic) bond motifs is 1. The standard InChI is InChI=1S/C20H22ClN5O3S/c1-30(28,29)26-14-8-6-13(7-9-14)23-20-22-11-12-10-16(19(27)24-18(12)25-20)15-4-2-3-5-17(15)21/h2-5,10-11,13-14,16,26H,6-9H2,1H3,(H,23,24,25,27). The van der Waals surface area contributed by atoms with Crippen molar-refractivity contribution in [2.24, 2.45) is 4.99 Å². The topological polar surface area (TPSA) is 113 Å². The monoisotopic (exact) mass is 447 g/mol. The number of hydrogen-bond acceptors (Lipinski definition) is 6. The van der Waals surface area contributed by atoms with Gasteiger partial charge in [-0.15, -0.1) is 0 Å². The largest absolute Gasteiger partial charge is 0.351 e. The molecule has 0 spiro atoms. The summed E-state index contributed by atoms with van der Waals surface area (Å²) in [6.07, 6.45) is 7.70. The van der Waals surface area contributed by atoms with E-state index in [0.29, 0.717) is 27.2 Å². The molecule has 1 saturated carbocycles. The normalized spacial score (nSPS) is 23.8. The molecule has 0 saturated heterocycles. The number of hydrogen-bond donors (Lipinski definition) is 2. The third kappa shape index (κ3) is 4.85. The molecule has 2 heterocycles. The highest BCUT2D eigenvalue weighted by molar-refractivity contribution is 7.88. The predicted octanol–water partition coefficient (Wildman–Crippen LogP) is 1.13. The first-order valence-electron chi connectivity index (χ1n) is 9.74. The molecule has 0 radical (unpaired) electrons. The summed E-state index contributed by atoms with van der Waals surface area (Å²) < 4.78 is 25.4. The second-order valence-electron chi connectivity index (χ2n) is 7.67. The van der Waals surface area contributed by atoms with Crippen molar-refractivity contribution < 1.29 is 13.2 Å². The summed E-state index contributed by atoms with van der Waals surface area (Å²) in [6.45, 7) is 0. The smallest absolute Gasteiger partial charge is 0.259 e. The van der Waals surface area contributed by atoms with Crippen LogP contribution in [0.2, 0.25) is 5.02 Å². The molecule has 1 aromatic carbocycles. The Morgan fingerprint density at radius 2 is 1.80 bits per heavy atom. The van der Waals surface area contributed by atoms with Gasteiger partial charge in [0.1, 0.15) is 0 Å². The molecular formula is C20H22ClN5O3S. The Balaban J connectivity index is 1.48. The number of amides is 1. The average molecular weight is 448 g/mol. The summed E-state index contributed by atoms with van der Waals surface area (Å²) in [5.74, 6) is -0.451. The number of nitrogens with one attached hydrogen (secondary N) is 2. The number of halogens is 1. The molecule has 1 aliphatic heterocycles. The van der Waals surface area contributed by atoms with Gasteiger partial charge in [-0.25, -0.2) is 18.1 Å². The Morgan fingerprint density at radius 3 is 2.50 bits per heavy atom. The maximum Gasteiger partial charge on any atom is 0.259 e. The number of aromatic nitrogens is 2. The Kier molecular flexibility index (Phi) is 5.86. The molecule has 2 N–H and O–H groups in total. The van der Waals surface area contributed by atoms with Crippen LogP contribution in [0, 0.1) is 0 Å². The van der Waals surface area contributed by atoms with Gasteiger partial charge in [-0.2, -0.15) is 9.98 Å². The van der Waals surface area contributed by atoms with E-state index in [-0.39, 0.29) is 18.0 Å². The SMILES string of the molecule is CS(=O)(=O)NC1CCC(Nc2ncc3c(n2)=NC(=O)C(c2ccccc2Cl)C=3)CC1. The summed E-state index contributed by atoms with van der Waals surface area (Å²) in [5.41, 5.74) is 1.05. The molecule has 1 aliphatic carbocycles. The maximum absolute atomic E-state index is 12.6. The van der Waals surface area contributed by atoms with Crippen LogP contribution in [0.25, 0.3) is 6.08 Å². The molecule has 1 unspecified atom stereocenters. The van der Waals surface area contributed by atoms with Gasteiger partial charge in [-0.1, -0.05) is 35.9 Å². The predicted molar refractivity (Wildman–Crippen MR) is 114 cm³/mol. The molecule has 2 aromatic rings. The average Bonchev–Trinajstić information content (AvgIpc) is 2.68. The van der Waals surface area contributed by atoms with E-state index in [0.717, 1.165) is 25.7 Å². The minimum absolute atomic E-state index is 0.0357. The number of nitrogens with zero attached hydrogens (tertiary/aromatic N) is 3. The lowest BCUT2D eigenvalue weighted by Crippen LogP contribution is -2.40. The number of anilines is 1. The third-order valence-corrected chi connectivity index (χ3v) is 6.41. The summed E-state index contributed by atoms with van der Waals surface area (Å²) in [5, 5.41) is 4.48. The van der Waals surface area contributed by atoms with Gasteiger partial charge in [-0.3, -0.25) is 4.79 Å². The van der Waals surface area contributed by atoms with Gasteiger partial charge in [0.05, 0.1) is 12.2 Å². The van der Waals surface area contributed by atoms with Crippen LogP contribution in [0.15, 0.2) is 35.5 Å². The van der Waals surface area contributed by atoms with Crippen molar-refractivity contribution in [3.63, 3.8) is 0 Å². The molecular weight excluding hydrogens is 426 g/mol. The van der Waals surface area contributed by atoms with Crippen LogP contribution in [0.3, 0.4) is 0 Å². The zero-order valence-electron chi connectivity index (χ0n) is 16.4. The summed E-state index contributed by atoms with van der Waals surface area (Å²) in [7, 11) is -3.19. The van der Waals surface area contributed by atoms with Crippen LogP contribution in [0.4, 0.5) is 5.95 Å². The van der Waals surface area contributed by atoms with Gasteiger partial charge in [0.15, 0.2) is 5.49 Å². The van der Waals surface area contributed by atoms with Gasteiger partial charge < -0.3 is 5.32 Å². The van der Waals surface area contributed by atoms with Gasteiger partial charge in [0.2, 0.25) is 16.0 Å². The van der Waals surface area contributed by atoms with Crippen molar-refractivity contribution >= 4 is 39.6 Å². The lowest BCUT2D eigenvalue weighted by atomic mass is 9.92. The van der Waals surface area contributed by atoms with Crippen LogP contribution in [0.1, 0.15) is 37.2 Å². The zero-order chi connectivity index (χ0) is 21.3. The van der Waals surface area contributed by atoms with Crippen molar-refractivity contribution in [1.29, 1.82) is 0 Å². The van der Waals surface area contributed by atoms with Crippen LogP contribution < -0.4 is 20.7 Å². The van der Waals surface area contributed by atoms with Gasteiger partial charge in [0, 0.05) is 28.5 Å². The summed E-state index contributed by atoms with van der Waals surface area (Å²) in [4.78, 5) is 25.5. The summed E-state index contributed by atoms with van der Waals surface area (Å²) in [6, 6.07) is 7.31. The fourth-order valence-electron chi connectivity index (χ4n) is 3.87. The third-order valence-electron chi connectivity index (χ3n) is 5.31. The molecule has 1 aromatic heterocycles. The molecule has 1 atom stereocenters. The molecule has 0 bridgehead atoms. The Morgan fingerprint density at radius 1 is 1.10 bits per heavy atom. The highest BCUT2D eigenvalue weighted by Crippen LogP contribution is 2.27. The molecule has 10 heteroatoms. The van der Waals surface area contributed by atoms with Crippen LogP contribution in [-0.2, 0) is 14.8 Å². The molecule has 2 aliphatic rings. The second-order valence-corrected chi connectivity index (χ2v) is 9.86. The van der Waals surface area contributed by atoms with E-state index in [4.69, 9.17) is 11.6 Å². The minimum Gasteiger partial charge on any atom is -0.351 e.